The predicted molar refractivity (Wildman–Crippen MR) is 94.7 cm³/mol. The predicted octanol–water partition coefficient (Wildman–Crippen LogP) is 1.30. The number of carbonyl (C=O) groups excluding carboxylic acids is 2. The second-order valence-corrected chi connectivity index (χ2v) is 6.89. The van der Waals surface area contributed by atoms with Crippen molar-refractivity contribution in [3.05, 3.63) is 23.8 Å². The molecule has 0 radical (unpaired) electrons. The van der Waals surface area contributed by atoms with E-state index < -0.39 is 0 Å². The molecule has 1 unspecified atom stereocenters. The molecule has 2 heterocycles. The number of fused-ring (bicyclic) bond motifs is 1. The van der Waals surface area contributed by atoms with E-state index >= 15 is 0 Å². The average Bonchev–Trinajstić information content (AvgIpc) is 2.65. The first-order valence-corrected chi connectivity index (χ1v) is 8.64. The molecule has 2 aliphatic rings. The van der Waals surface area contributed by atoms with Crippen LogP contribution in [0.1, 0.15) is 29.6 Å². The highest BCUT2D eigenvalue weighted by Crippen LogP contribution is 2.34. The standard InChI is InChI=1S/C18H25N3O4/c1-25-8-6-18(12-22)5-2-7-21(11-18)17(24)13-3-4-14-15(9-13)20-16(23)10-19-14/h3-4,9,19,22H,2,5-8,10-12H2,1H3,(H,20,23). The number of likely N-dealkylation sites (tertiary alicyclic amines) is 1. The molecule has 0 spiro atoms. The van der Waals surface area contributed by atoms with E-state index in [0.717, 1.165) is 24.9 Å². The Balaban J connectivity index is 1.76. The second kappa shape index (κ2) is 7.41. The maximum absolute atomic E-state index is 12.9. The third kappa shape index (κ3) is 3.77. The summed E-state index contributed by atoms with van der Waals surface area (Å²) in [5, 5.41) is 15.7. The van der Waals surface area contributed by atoms with Gasteiger partial charge in [-0.2, -0.15) is 0 Å². The van der Waals surface area contributed by atoms with Crippen LogP contribution in [-0.4, -0.2) is 61.8 Å². The van der Waals surface area contributed by atoms with Gasteiger partial charge in [0.1, 0.15) is 0 Å². The van der Waals surface area contributed by atoms with Crippen LogP contribution in [0.15, 0.2) is 18.2 Å². The van der Waals surface area contributed by atoms with Crippen LogP contribution in [-0.2, 0) is 9.53 Å². The number of rotatable bonds is 5. The monoisotopic (exact) mass is 347 g/mol. The van der Waals surface area contributed by atoms with Gasteiger partial charge < -0.3 is 25.4 Å². The van der Waals surface area contributed by atoms with Crippen LogP contribution in [0.3, 0.4) is 0 Å². The van der Waals surface area contributed by atoms with E-state index in [9.17, 15) is 14.7 Å². The number of hydrogen-bond donors (Lipinski definition) is 3. The van der Waals surface area contributed by atoms with Crippen molar-refractivity contribution in [2.24, 2.45) is 5.41 Å². The number of aliphatic hydroxyl groups is 1. The largest absolute Gasteiger partial charge is 0.396 e. The Morgan fingerprint density at radius 3 is 3.00 bits per heavy atom. The number of ether oxygens (including phenoxy) is 1. The van der Waals surface area contributed by atoms with Crippen LogP contribution in [0.25, 0.3) is 0 Å². The van der Waals surface area contributed by atoms with Gasteiger partial charge in [-0.25, -0.2) is 0 Å². The van der Waals surface area contributed by atoms with Gasteiger partial charge in [0.25, 0.3) is 5.91 Å². The van der Waals surface area contributed by atoms with Crippen molar-refractivity contribution in [1.82, 2.24) is 4.90 Å². The van der Waals surface area contributed by atoms with Gasteiger partial charge in [0, 0.05) is 37.8 Å². The molecule has 1 fully saturated rings. The summed E-state index contributed by atoms with van der Waals surface area (Å²) in [7, 11) is 1.65. The molecule has 1 atom stereocenters. The minimum absolute atomic E-state index is 0.0459. The molecule has 7 nitrogen and oxygen atoms in total. The van der Waals surface area contributed by atoms with Gasteiger partial charge in [-0.15, -0.1) is 0 Å². The van der Waals surface area contributed by atoms with Crippen molar-refractivity contribution in [1.29, 1.82) is 0 Å². The fourth-order valence-electron chi connectivity index (χ4n) is 3.60. The molecular formula is C18H25N3O4. The number of nitrogens with one attached hydrogen (secondary N) is 2. The normalized spacial score (nSPS) is 22.8. The lowest BCUT2D eigenvalue weighted by atomic mass is 9.78. The van der Waals surface area contributed by atoms with Crippen molar-refractivity contribution in [2.75, 3.05) is 50.6 Å². The lowest BCUT2D eigenvalue weighted by Gasteiger charge is -2.42. The zero-order valence-corrected chi connectivity index (χ0v) is 14.5. The minimum atomic E-state index is -0.298. The molecule has 0 saturated carbocycles. The van der Waals surface area contributed by atoms with Crippen molar-refractivity contribution < 1.29 is 19.4 Å². The van der Waals surface area contributed by atoms with Crippen LogP contribution >= 0.6 is 0 Å². The molecule has 0 aromatic heterocycles. The Morgan fingerprint density at radius 1 is 1.40 bits per heavy atom. The number of carbonyl (C=O) groups is 2. The molecular weight excluding hydrogens is 322 g/mol. The highest BCUT2D eigenvalue weighted by atomic mass is 16.5. The third-order valence-electron chi connectivity index (χ3n) is 5.10. The summed E-state index contributed by atoms with van der Waals surface area (Å²) >= 11 is 0. The summed E-state index contributed by atoms with van der Waals surface area (Å²) < 4.78 is 5.16. The summed E-state index contributed by atoms with van der Waals surface area (Å²) in [5.74, 6) is -0.188. The Kier molecular flexibility index (Phi) is 5.24. The first-order chi connectivity index (χ1) is 12.1. The molecule has 2 aliphatic heterocycles. The second-order valence-electron chi connectivity index (χ2n) is 6.89. The van der Waals surface area contributed by atoms with E-state index in [0.29, 0.717) is 30.9 Å². The van der Waals surface area contributed by atoms with E-state index in [1.165, 1.54) is 0 Å². The zero-order chi connectivity index (χ0) is 17.9. The maximum Gasteiger partial charge on any atom is 0.253 e. The number of piperidine rings is 1. The first-order valence-electron chi connectivity index (χ1n) is 8.64. The van der Waals surface area contributed by atoms with E-state index in [2.05, 4.69) is 10.6 Å². The van der Waals surface area contributed by atoms with E-state index in [-0.39, 0.29) is 30.4 Å². The van der Waals surface area contributed by atoms with Gasteiger partial charge in [0.05, 0.1) is 24.5 Å². The number of benzene rings is 1. The van der Waals surface area contributed by atoms with Crippen molar-refractivity contribution in [3.63, 3.8) is 0 Å². The molecule has 1 aromatic rings. The number of nitrogens with zero attached hydrogens (tertiary/aromatic N) is 1. The van der Waals surface area contributed by atoms with Crippen molar-refractivity contribution in [2.45, 2.75) is 19.3 Å². The minimum Gasteiger partial charge on any atom is -0.396 e. The molecule has 0 aliphatic carbocycles. The molecule has 1 saturated heterocycles. The average molecular weight is 347 g/mol. The molecule has 136 valence electrons. The number of aliphatic hydroxyl groups excluding tert-OH is 1. The van der Waals surface area contributed by atoms with Gasteiger partial charge in [0.15, 0.2) is 0 Å². The number of hydrogen-bond acceptors (Lipinski definition) is 5. The zero-order valence-electron chi connectivity index (χ0n) is 14.5. The van der Waals surface area contributed by atoms with E-state index in [1.54, 1.807) is 24.1 Å². The van der Waals surface area contributed by atoms with E-state index in [4.69, 9.17) is 4.74 Å². The molecule has 3 rings (SSSR count). The molecule has 1 aromatic carbocycles. The first kappa shape index (κ1) is 17.7. The van der Waals surface area contributed by atoms with E-state index in [1.807, 2.05) is 6.07 Å². The smallest absolute Gasteiger partial charge is 0.253 e. The number of amides is 2. The number of methoxy groups -OCH3 is 1. The Hall–Kier alpha value is -2.12. The fraction of sp³-hybridized carbons (Fsp3) is 0.556. The van der Waals surface area contributed by atoms with Gasteiger partial charge in [-0.3, -0.25) is 9.59 Å². The van der Waals surface area contributed by atoms with Crippen LogP contribution in [0, 0.1) is 5.41 Å². The lowest BCUT2D eigenvalue weighted by Crippen LogP contribution is -2.48. The summed E-state index contributed by atoms with van der Waals surface area (Å²) in [6.07, 6.45) is 2.48. The highest BCUT2D eigenvalue weighted by molar-refractivity contribution is 6.03. The Labute approximate surface area is 147 Å². The Morgan fingerprint density at radius 2 is 2.24 bits per heavy atom. The van der Waals surface area contributed by atoms with Gasteiger partial charge in [0.2, 0.25) is 5.91 Å². The molecule has 2 amide bonds. The molecule has 25 heavy (non-hydrogen) atoms. The fourth-order valence-corrected chi connectivity index (χ4v) is 3.60. The van der Waals surface area contributed by atoms with Gasteiger partial charge in [-0.05, 0) is 37.5 Å². The summed E-state index contributed by atoms with van der Waals surface area (Å²) in [4.78, 5) is 26.2. The highest BCUT2D eigenvalue weighted by Gasteiger charge is 2.36. The van der Waals surface area contributed by atoms with Gasteiger partial charge in [-0.1, -0.05) is 0 Å². The molecule has 0 bridgehead atoms. The SMILES string of the molecule is COCCC1(CO)CCCN(C(=O)c2ccc3c(c2)NC(=O)CN3)C1. The van der Waals surface area contributed by atoms with Crippen LogP contribution in [0.4, 0.5) is 11.4 Å². The van der Waals surface area contributed by atoms with Crippen molar-refractivity contribution in [3.8, 4) is 0 Å². The summed E-state index contributed by atoms with van der Waals surface area (Å²) in [5.41, 5.74) is 1.70. The van der Waals surface area contributed by atoms with Crippen LogP contribution < -0.4 is 10.6 Å². The topological polar surface area (TPSA) is 90.9 Å². The van der Waals surface area contributed by atoms with Crippen LogP contribution in [0.2, 0.25) is 0 Å². The Bertz CT molecular complexity index is 664. The quantitative estimate of drug-likeness (QED) is 0.747. The van der Waals surface area contributed by atoms with Crippen molar-refractivity contribution >= 4 is 23.2 Å². The van der Waals surface area contributed by atoms with Gasteiger partial charge >= 0.3 is 0 Å². The molecule has 7 heteroatoms. The summed E-state index contributed by atoms with van der Waals surface area (Å²) in [6, 6.07) is 5.30. The van der Waals surface area contributed by atoms with Crippen LogP contribution in [0.5, 0.6) is 0 Å². The number of anilines is 2. The molecule has 3 N–H and O–H groups in total. The third-order valence-corrected chi connectivity index (χ3v) is 5.10. The maximum atomic E-state index is 12.9. The summed E-state index contributed by atoms with van der Waals surface area (Å²) in [6.45, 7) is 2.05. The lowest BCUT2D eigenvalue weighted by molar-refractivity contribution is -0.114.